The number of hydrogen-bond donors (Lipinski definition) is 0. The van der Waals surface area contributed by atoms with Crippen molar-refractivity contribution in [3.8, 4) is 11.3 Å². The lowest BCUT2D eigenvalue weighted by molar-refractivity contribution is -0.145. The molecule has 0 bridgehead atoms. The molecule has 1 saturated carbocycles. The van der Waals surface area contributed by atoms with Gasteiger partial charge in [0, 0.05) is 55.0 Å². The number of carbonyl (C=O) groups excluding carboxylic acids is 1. The van der Waals surface area contributed by atoms with Crippen LogP contribution in [0.1, 0.15) is 37.7 Å². The highest BCUT2D eigenvalue weighted by Gasteiger charge is 2.51. The van der Waals surface area contributed by atoms with Crippen LogP contribution in [0.4, 0.5) is 27.9 Å². The number of anilines is 1. The van der Waals surface area contributed by atoms with E-state index in [4.69, 9.17) is 0 Å². The zero-order chi connectivity index (χ0) is 29.5. The van der Waals surface area contributed by atoms with Crippen LogP contribution in [0.2, 0.25) is 0 Å². The van der Waals surface area contributed by atoms with Gasteiger partial charge in [0.1, 0.15) is 17.8 Å². The Morgan fingerprint density at radius 2 is 1.73 bits per heavy atom. The molecule has 1 saturated heterocycles. The predicted octanol–water partition coefficient (Wildman–Crippen LogP) is 4.64. The Kier molecular flexibility index (Phi) is 7.79. The standard InChI is InChI=1S/C27H26F5N5O3S/c1-15-21(29)12-20(24(15)41(39,40)19-6-3-17(28)4-7-19)23(38)8-5-18-11-22(36-26(35-18)37-9-2-10-37)16-13-33-25(34-14-16)27(30,31)32/h3-4,6-7,11,13-15,20-21,24H,2,5,8-10,12H2,1H3/t15-,20-,21+,24?/m0/s1. The second-order valence-electron chi connectivity index (χ2n) is 10.3. The van der Waals surface area contributed by atoms with Gasteiger partial charge in [-0.25, -0.2) is 37.1 Å². The van der Waals surface area contributed by atoms with Crippen molar-refractivity contribution in [2.24, 2.45) is 11.8 Å². The number of sulfone groups is 1. The zero-order valence-electron chi connectivity index (χ0n) is 21.9. The van der Waals surface area contributed by atoms with Crippen LogP contribution in [0.3, 0.4) is 0 Å². The fourth-order valence-corrected chi connectivity index (χ4v) is 7.48. The van der Waals surface area contributed by atoms with Crippen molar-refractivity contribution in [3.05, 3.63) is 60.1 Å². The van der Waals surface area contributed by atoms with Gasteiger partial charge in [-0.3, -0.25) is 4.79 Å². The largest absolute Gasteiger partial charge is 0.451 e. The molecule has 3 aromatic rings. The van der Waals surface area contributed by atoms with E-state index in [0.717, 1.165) is 43.1 Å². The summed E-state index contributed by atoms with van der Waals surface area (Å²) >= 11 is 0. The van der Waals surface area contributed by atoms with Crippen LogP contribution in [0.25, 0.3) is 11.3 Å². The number of nitrogens with zero attached hydrogens (tertiary/aromatic N) is 5. The molecule has 0 amide bonds. The Morgan fingerprint density at radius 1 is 1.07 bits per heavy atom. The van der Waals surface area contributed by atoms with E-state index < -0.39 is 56.7 Å². The first-order chi connectivity index (χ1) is 19.3. The van der Waals surface area contributed by atoms with Crippen molar-refractivity contribution in [2.45, 2.75) is 55.1 Å². The molecule has 0 spiro atoms. The fourth-order valence-electron chi connectivity index (χ4n) is 5.22. The molecular weight excluding hydrogens is 569 g/mol. The molecule has 0 radical (unpaired) electrons. The number of benzene rings is 1. The molecular formula is C27H26F5N5O3S. The number of ketones is 1. The topological polar surface area (TPSA) is 106 Å². The second-order valence-corrected chi connectivity index (χ2v) is 12.4. The summed E-state index contributed by atoms with van der Waals surface area (Å²) in [6.07, 6.45) is -3.58. The van der Waals surface area contributed by atoms with Crippen LogP contribution in [0.15, 0.2) is 47.6 Å². The molecule has 4 atom stereocenters. The number of aryl methyl sites for hydroxylation is 1. The van der Waals surface area contributed by atoms with Crippen LogP contribution in [0, 0.1) is 17.7 Å². The summed E-state index contributed by atoms with van der Waals surface area (Å²) in [7, 11) is -4.14. The van der Waals surface area contributed by atoms with Gasteiger partial charge in [0.2, 0.25) is 11.8 Å². The number of aromatic nitrogens is 4. The van der Waals surface area contributed by atoms with Crippen molar-refractivity contribution in [3.63, 3.8) is 0 Å². The summed E-state index contributed by atoms with van der Waals surface area (Å²) < 4.78 is 93.7. The highest BCUT2D eigenvalue weighted by Crippen LogP contribution is 2.42. The maximum Gasteiger partial charge on any atom is 0.451 e. The van der Waals surface area contributed by atoms with Gasteiger partial charge in [0.05, 0.1) is 15.8 Å². The van der Waals surface area contributed by atoms with Crippen molar-refractivity contribution in [1.82, 2.24) is 19.9 Å². The van der Waals surface area contributed by atoms with Gasteiger partial charge in [-0.15, -0.1) is 0 Å². The average Bonchev–Trinajstić information content (AvgIpc) is 3.20. The van der Waals surface area contributed by atoms with Gasteiger partial charge >= 0.3 is 6.18 Å². The molecule has 8 nitrogen and oxygen atoms in total. The fraction of sp³-hybridized carbons (Fsp3) is 0.444. The van der Waals surface area contributed by atoms with E-state index in [0.29, 0.717) is 24.7 Å². The van der Waals surface area contributed by atoms with Gasteiger partial charge in [-0.2, -0.15) is 13.2 Å². The molecule has 1 aromatic carbocycles. The lowest BCUT2D eigenvalue weighted by atomic mass is 9.96. The van der Waals surface area contributed by atoms with E-state index in [-0.39, 0.29) is 35.4 Å². The minimum absolute atomic E-state index is 0.0713. The molecule has 2 aromatic heterocycles. The molecule has 3 heterocycles. The van der Waals surface area contributed by atoms with Crippen LogP contribution >= 0.6 is 0 Å². The van der Waals surface area contributed by atoms with Gasteiger partial charge in [-0.1, -0.05) is 6.92 Å². The first kappa shape index (κ1) is 29.0. The zero-order valence-corrected chi connectivity index (χ0v) is 22.7. The Bertz CT molecular complexity index is 1530. The van der Waals surface area contributed by atoms with E-state index in [1.165, 1.54) is 13.0 Å². The lowest BCUT2D eigenvalue weighted by Gasteiger charge is -2.31. The Balaban J connectivity index is 1.38. The third-order valence-electron chi connectivity index (χ3n) is 7.61. The molecule has 1 unspecified atom stereocenters. The molecule has 1 aliphatic carbocycles. The summed E-state index contributed by atoms with van der Waals surface area (Å²) in [5, 5.41) is -1.31. The molecule has 1 aliphatic heterocycles. The maximum atomic E-state index is 14.8. The molecule has 14 heteroatoms. The van der Waals surface area contributed by atoms with E-state index in [1.54, 1.807) is 0 Å². The minimum atomic E-state index is -4.70. The molecule has 2 aliphatic rings. The maximum absolute atomic E-state index is 14.8. The number of halogens is 5. The highest BCUT2D eigenvalue weighted by molar-refractivity contribution is 7.92. The number of alkyl halides is 4. The molecule has 41 heavy (non-hydrogen) atoms. The summed E-state index contributed by atoms with van der Waals surface area (Å²) in [5.41, 5.74) is 0.907. The Morgan fingerprint density at radius 3 is 2.32 bits per heavy atom. The Labute approximate surface area is 233 Å². The average molecular weight is 596 g/mol. The van der Waals surface area contributed by atoms with Crippen LogP contribution in [0.5, 0.6) is 0 Å². The monoisotopic (exact) mass is 595 g/mol. The van der Waals surface area contributed by atoms with E-state index in [9.17, 15) is 35.2 Å². The number of rotatable bonds is 8. The number of hydrogen-bond acceptors (Lipinski definition) is 8. The van der Waals surface area contributed by atoms with Crippen molar-refractivity contribution in [2.75, 3.05) is 18.0 Å². The molecule has 5 rings (SSSR count). The van der Waals surface area contributed by atoms with Crippen molar-refractivity contribution < 1.29 is 35.2 Å². The van der Waals surface area contributed by atoms with Crippen molar-refractivity contribution in [1.29, 1.82) is 0 Å². The SMILES string of the molecule is C[C@@H]1C(S(=O)(=O)c2ccc(F)cc2)[C@H](C(=O)CCc2cc(-c3cnc(C(F)(F)F)nc3)nc(N3CCC3)n2)C[C@H]1F. The molecule has 2 fully saturated rings. The van der Waals surface area contributed by atoms with Gasteiger partial charge in [-0.05, 0) is 49.6 Å². The Hall–Kier alpha value is -3.55. The first-order valence-corrected chi connectivity index (χ1v) is 14.6. The van der Waals surface area contributed by atoms with Gasteiger partial charge < -0.3 is 4.90 Å². The number of carbonyl (C=O) groups is 1. The van der Waals surface area contributed by atoms with Crippen LogP contribution in [-0.4, -0.2) is 58.6 Å². The summed E-state index contributed by atoms with van der Waals surface area (Å²) in [6, 6.07) is 5.73. The van der Waals surface area contributed by atoms with Crippen LogP contribution < -0.4 is 4.90 Å². The van der Waals surface area contributed by atoms with Crippen LogP contribution in [-0.2, 0) is 27.2 Å². The summed E-state index contributed by atoms with van der Waals surface area (Å²) in [5.74, 6) is -4.06. The summed E-state index contributed by atoms with van der Waals surface area (Å²) in [4.78, 5) is 30.8. The third kappa shape index (κ3) is 5.92. The minimum Gasteiger partial charge on any atom is -0.341 e. The van der Waals surface area contributed by atoms with E-state index in [1.807, 2.05) is 4.90 Å². The van der Waals surface area contributed by atoms with Crippen molar-refractivity contribution >= 4 is 21.6 Å². The van der Waals surface area contributed by atoms with Gasteiger partial charge in [0.25, 0.3) is 0 Å². The quantitative estimate of drug-likeness (QED) is 0.274. The van der Waals surface area contributed by atoms with E-state index >= 15 is 0 Å². The summed E-state index contributed by atoms with van der Waals surface area (Å²) in [6.45, 7) is 2.82. The van der Waals surface area contributed by atoms with Gasteiger partial charge in [0.15, 0.2) is 9.84 Å². The third-order valence-corrected chi connectivity index (χ3v) is 10.0. The molecule has 218 valence electrons. The normalized spacial score (nSPS) is 22.9. The van der Waals surface area contributed by atoms with E-state index in [2.05, 4.69) is 19.9 Å². The highest BCUT2D eigenvalue weighted by atomic mass is 32.2. The lowest BCUT2D eigenvalue weighted by Crippen LogP contribution is -2.38. The first-order valence-electron chi connectivity index (χ1n) is 13.0. The smallest absolute Gasteiger partial charge is 0.341 e. The predicted molar refractivity (Wildman–Crippen MR) is 138 cm³/mol. The molecule has 0 N–H and O–H groups in total. The number of Topliss-reactive ketones (excluding diaryl/α,β-unsaturated/α-hetero) is 1. The second kappa shape index (κ2) is 11.0.